The summed E-state index contributed by atoms with van der Waals surface area (Å²) in [5.41, 5.74) is 0. The minimum Gasteiger partial charge on any atom is -0.394 e. The molecule has 7 aliphatic heterocycles. The van der Waals surface area contributed by atoms with E-state index in [9.17, 15) is 112 Å². The number of carbonyl (C=O) groups excluding carboxylic acids is 1. The summed E-state index contributed by atoms with van der Waals surface area (Å²) in [6.45, 7) is -4.23. The Morgan fingerprint density at radius 1 is 0.523 bits per heavy atom. The van der Waals surface area contributed by atoms with Crippen LogP contribution in [0.15, 0.2) is 17.1 Å². The molecule has 20 N–H and O–H groups in total. The molecule has 15 unspecified atom stereocenters. The van der Waals surface area contributed by atoms with Gasteiger partial charge in [0.05, 0.1) is 51.6 Å². The summed E-state index contributed by atoms with van der Waals surface area (Å²) in [5.74, 6) is -0.501. The SMILES string of the molecule is CC(NC(=O)CCCO[C@H]1OC(CO[C@H]2OC(CO[C@H]3OC(CO)[C@@H](O)[C@H](O)C3O[C@H]3OC(CO)[C@@H](O)[C@H](O)C3O)[C@@H](O)[C@H](O)C2O)[C@@H](O)[C@H](O[C@H]2OC(CO)[C@@H](O)[C@H](O)C2O[C@H]2OC(CO)[C@@H](O)[C@H](O)C2O)C1O)SSC1N=CC=CC1[N+](=O)[O-]. The van der Waals surface area contributed by atoms with Crippen molar-refractivity contribution in [3.8, 4) is 0 Å². The van der Waals surface area contributed by atoms with Crippen LogP contribution in [0.5, 0.6) is 0 Å². The fraction of sp³-hybridized carbons (Fsp3) is 0.915. The maximum atomic E-state index is 13.0. The standard InChI is InChI=1S/C47H77N3O34S2/c1-14(85-86-41-15(50(71)72)4-2-6-48-41)49-22(55)5-3-7-73-43-37(70)38(82-47-40(33(66)26(59)19(11-54)79-47)84-45-36(69)30(63)24(57)17(9-52)77-45)28(61)21(81-43)13-74-42-34(67)31(64)27(60)20(80-42)12-75-46-39(32(65)25(58)18(10-53)78-46)83-44-35(68)29(62)23(56)16(8-51)76-44/h2,4,6,14-21,23-47,51-54,56-70H,3,5,7-13H2,1H3,(H,49,55)/t14?,15?,16?,17?,18?,19?,20?,21?,23-,24-,25-,26-,27-,28-,29+,30+,31+,32+,33+,34?,35?,36?,37?,38+,39?,40?,41?,42+,43+,44-,45-,46+,47-/m1/s1. The van der Waals surface area contributed by atoms with Crippen molar-refractivity contribution >= 4 is 33.7 Å². The monoisotopic (exact) mass is 1290 g/mol. The molecule has 0 aromatic carbocycles. The lowest BCUT2D eigenvalue weighted by Gasteiger charge is -2.48. The fourth-order valence-corrected chi connectivity index (χ4v) is 12.4. The molecule has 86 heavy (non-hydrogen) atoms. The van der Waals surface area contributed by atoms with Crippen LogP contribution >= 0.6 is 21.6 Å². The van der Waals surface area contributed by atoms with Gasteiger partial charge in [-0.3, -0.25) is 19.9 Å². The highest BCUT2D eigenvalue weighted by atomic mass is 33.1. The third-order valence-corrected chi connectivity index (χ3v) is 17.9. The van der Waals surface area contributed by atoms with E-state index in [-0.39, 0.29) is 19.4 Å². The van der Waals surface area contributed by atoms with E-state index < -0.39 is 251 Å². The molecule has 0 saturated carbocycles. The molecule has 6 saturated heterocycles. The van der Waals surface area contributed by atoms with Crippen molar-refractivity contribution in [2.24, 2.45) is 4.99 Å². The number of aliphatic imine (C=N–C) groups is 1. The van der Waals surface area contributed by atoms with Crippen LogP contribution < -0.4 is 5.32 Å². The Labute approximate surface area is 495 Å². The van der Waals surface area contributed by atoms with Gasteiger partial charge in [0.2, 0.25) is 5.91 Å². The van der Waals surface area contributed by atoms with Crippen LogP contribution in [-0.4, -0.2) is 361 Å². The predicted octanol–water partition coefficient (Wildman–Crippen LogP) is -11.8. The number of nitrogens with one attached hydrogen (secondary N) is 1. The molecular formula is C47H77N3O34S2. The lowest BCUT2D eigenvalue weighted by Crippen LogP contribution is -2.67. The van der Waals surface area contributed by atoms with Crippen LogP contribution in [0.3, 0.4) is 0 Å². The summed E-state index contributed by atoms with van der Waals surface area (Å²) in [4.78, 5) is 28.1. The number of aliphatic hydroxyl groups excluding tert-OH is 19. The molecule has 7 rings (SSSR count). The first-order chi connectivity index (χ1) is 40.8. The van der Waals surface area contributed by atoms with Crippen LogP contribution in [0.4, 0.5) is 0 Å². The molecule has 0 radical (unpaired) electrons. The van der Waals surface area contributed by atoms with Crippen LogP contribution in [-0.2, 0) is 61.6 Å². The lowest BCUT2D eigenvalue weighted by atomic mass is 9.96. The number of aliphatic hydroxyl groups is 19. The van der Waals surface area contributed by atoms with Crippen molar-refractivity contribution < 1.29 is 164 Å². The summed E-state index contributed by atoms with van der Waals surface area (Å²) in [6.07, 6.45) is -53.7. The van der Waals surface area contributed by atoms with E-state index in [0.717, 1.165) is 21.6 Å². The van der Waals surface area contributed by atoms with Gasteiger partial charge in [0.25, 0.3) is 6.04 Å². The van der Waals surface area contributed by atoms with Gasteiger partial charge >= 0.3 is 0 Å². The molecule has 0 aromatic heterocycles. The van der Waals surface area contributed by atoms with Gasteiger partial charge in [-0.2, -0.15) is 0 Å². The number of hydrogen-bond donors (Lipinski definition) is 20. The van der Waals surface area contributed by atoms with Crippen molar-refractivity contribution in [1.29, 1.82) is 0 Å². The number of ether oxygens (including phenoxy) is 12. The van der Waals surface area contributed by atoms with E-state index in [1.54, 1.807) is 6.92 Å². The van der Waals surface area contributed by atoms with E-state index in [1.165, 1.54) is 18.4 Å². The van der Waals surface area contributed by atoms with E-state index in [2.05, 4.69) is 10.3 Å². The summed E-state index contributed by atoms with van der Waals surface area (Å²) in [7, 11) is 2.19. The van der Waals surface area contributed by atoms with Crippen LogP contribution in [0.25, 0.3) is 0 Å². The molecular weight excluding hydrogens is 1210 g/mol. The number of carbonyl (C=O) groups is 1. The van der Waals surface area contributed by atoms with Crippen molar-refractivity contribution in [2.75, 3.05) is 46.2 Å². The molecule has 7 heterocycles. The first-order valence-electron chi connectivity index (χ1n) is 27.2. The zero-order valence-electron chi connectivity index (χ0n) is 45.5. The van der Waals surface area contributed by atoms with Gasteiger partial charge in [-0.1, -0.05) is 21.6 Å². The number of allylic oxidation sites excluding steroid dienone is 1. The zero-order chi connectivity index (χ0) is 63.0. The average molecular weight is 1290 g/mol. The number of hydrogen-bond acceptors (Lipinski definition) is 37. The highest BCUT2D eigenvalue weighted by Crippen LogP contribution is 2.37. The Kier molecular flexibility index (Phi) is 26.8. The van der Waals surface area contributed by atoms with E-state index in [1.807, 2.05) is 0 Å². The van der Waals surface area contributed by atoms with Gasteiger partial charge in [-0.05, 0) is 25.5 Å². The van der Waals surface area contributed by atoms with Crippen molar-refractivity contribution in [2.45, 2.75) is 221 Å². The van der Waals surface area contributed by atoms with Crippen molar-refractivity contribution in [3.05, 3.63) is 22.3 Å². The predicted molar refractivity (Wildman–Crippen MR) is 277 cm³/mol. The van der Waals surface area contributed by atoms with Crippen molar-refractivity contribution in [1.82, 2.24) is 5.32 Å². The summed E-state index contributed by atoms with van der Waals surface area (Å²) in [6, 6.07) is -1.09. The van der Waals surface area contributed by atoms with Gasteiger partial charge in [0.15, 0.2) is 43.1 Å². The smallest absolute Gasteiger partial charge is 0.263 e. The van der Waals surface area contributed by atoms with Crippen LogP contribution in [0.1, 0.15) is 19.8 Å². The molecule has 7 aliphatic rings. The average Bonchev–Trinajstić information content (AvgIpc) is 1.51. The highest BCUT2D eigenvalue weighted by molar-refractivity contribution is 8.77. The van der Waals surface area contributed by atoms with Gasteiger partial charge in [0.1, 0.15) is 146 Å². The molecule has 0 aromatic rings. The number of dihydropyridines is 1. The molecule has 0 spiro atoms. The number of rotatable bonds is 26. The first kappa shape index (κ1) is 71.2. The Morgan fingerprint density at radius 2 is 0.930 bits per heavy atom. The lowest BCUT2D eigenvalue weighted by molar-refractivity contribution is -0.508. The van der Waals surface area contributed by atoms with Gasteiger partial charge in [-0.25, -0.2) is 0 Å². The van der Waals surface area contributed by atoms with Crippen LogP contribution in [0, 0.1) is 10.1 Å². The topological polar surface area (TPSA) is 580 Å². The second kappa shape index (κ2) is 32.3. The molecule has 0 aliphatic carbocycles. The Morgan fingerprint density at radius 3 is 1.44 bits per heavy atom. The molecule has 6 fully saturated rings. The summed E-state index contributed by atoms with van der Waals surface area (Å²) < 4.78 is 68.6. The molecule has 1 amide bonds. The number of nitrogens with zero attached hydrogens (tertiary/aromatic N) is 2. The molecule has 496 valence electrons. The number of nitro groups is 1. The highest BCUT2D eigenvalue weighted by Gasteiger charge is 2.56. The second-order valence-electron chi connectivity index (χ2n) is 21.0. The largest absolute Gasteiger partial charge is 0.394 e. The molecule has 0 bridgehead atoms. The summed E-state index contributed by atoms with van der Waals surface area (Å²) >= 11 is 0. The zero-order valence-corrected chi connectivity index (χ0v) is 47.1. The normalized spacial score (nSPS) is 46.9. The molecule has 37 nitrogen and oxygen atoms in total. The van der Waals surface area contributed by atoms with E-state index >= 15 is 0 Å². The number of amides is 1. The first-order valence-corrected chi connectivity index (χ1v) is 29.5. The van der Waals surface area contributed by atoms with Crippen molar-refractivity contribution in [3.63, 3.8) is 0 Å². The Hall–Kier alpha value is -2.26. The van der Waals surface area contributed by atoms with Gasteiger partial charge in [-0.15, -0.1) is 0 Å². The second-order valence-corrected chi connectivity index (χ2v) is 23.8. The minimum atomic E-state index is -2.12. The third kappa shape index (κ3) is 16.7. The third-order valence-electron chi connectivity index (χ3n) is 15.0. The maximum absolute atomic E-state index is 13.0. The molecule has 39 heteroatoms. The Balaban J connectivity index is 1.05. The minimum absolute atomic E-state index is 0.0686. The van der Waals surface area contributed by atoms with Gasteiger partial charge < -0.3 is 159 Å². The van der Waals surface area contributed by atoms with E-state index in [4.69, 9.17) is 56.8 Å². The van der Waals surface area contributed by atoms with Gasteiger partial charge in [0, 0.05) is 17.6 Å². The quantitative estimate of drug-likeness (QED) is 0.0126. The Bertz CT molecular complexity index is 2170. The summed E-state index contributed by atoms with van der Waals surface area (Å²) in [5, 5.41) is 216. The fourth-order valence-electron chi connectivity index (χ4n) is 10.0. The van der Waals surface area contributed by atoms with E-state index in [0.29, 0.717) is 0 Å². The van der Waals surface area contributed by atoms with Crippen LogP contribution in [0.2, 0.25) is 0 Å². The maximum Gasteiger partial charge on any atom is 0.263 e. The molecule has 33 atom stereocenters.